The topological polar surface area (TPSA) is 74.7 Å². The first-order valence-electron chi connectivity index (χ1n) is 5.85. The van der Waals surface area contributed by atoms with Crippen molar-refractivity contribution < 1.29 is 18.3 Å². The van der Waals surface area contributed by atoms with E-state index < -0.39 is 16.0 Å². The number of carboxylic acids is 1. The fourth-order valence-electron chi connectivity index (χ4n) is 2.09. The number of nitrogens with zero attached hydrogens (tertiary/aromatic N) is 1. The molecule has 1 aromatic rings. The predicted octanol–water partition coefficient (Wildman–Crippen LogP) is 2.07. The zero-order chi connectivity index (χ0) is 14.2. The van der Waals surface area contributed by atoms with E-state index in [1.165, 1.54) is 22.5 Å². The van der Waals surface area contributed by atoms with Crippen molar-refractivity contribution in [2.75, 3.05) is 13.1 Å². The average Bonchev–Trinajstić information content (AvgIpc) is 2.76. The van der Waals surface area contributed by atoms with Crippen LogP contribution in [0.1, 0.15) is 23.7 Å². The molecule has 1 atom stereocenters. The summed E-state index contributed by atoms with van der Waals surface area (Å²) in [6, 6.07) is 3.70. The van der Waals surface area contributed by atoms with Crippen molar-refractivity contribution >= 4 is 27.6 Å². The summed E-state index contributed by atoms with van der Waals surface area (Å²) in [5.74, 6) is -0.840. The molecule has 0 spiro atoms. The van der Waals surface area contributed by atoms with Crippen LogP contribution in [0.4, 0.5) is 0 Å². The molecule has 1 aliphatic rings. The highest BCUT2D eigenvalue weighted by Crippen LogP contribution is 2.27. The van der Waals surface area contributed by atoms with Crippen LogP contribution in [0.3, 0.4) is 0 Å². The summed E-state index contributed by atoms with van der Waals surface area (Å²) in [6.45, 7) is 2.97. The minimum Gasteiger partial charge on any atom is -0.478 e. The molecule has 1 unspecified atom stereocenters. The van der Waals surface area contributed by atoms with Crippen LogP contribution in [0.5, 0.6) is 0 Å². The van der Waals surface area contributed by atoms with Crippen LogP contribution in [0.25, 0.3) is 0 Å². The van der Waals surface area contributed by atoms with Gasteiger partial charge in [-0.15, -0.1) is 0 Å². The van der Waals surface area contributed by atoms with Gasteiger partial charge in [-0.05, 0) is 30.5 Å². The maximum atomic E-state index is 12.3. The lowest BCUT2D eigenvalue weighted by Gasteiger charge is -2.16. The molecule has 1 saturated heterocycles. The molecule has 19 heavy (non-hydrogen) atoms. The molecule has 1 N–H and O–H groups in total. The maximum absolute atomic E-state index is 12.3. The number of benzene rings is 1. The first-order valence-corrected chi connectivity index (χ1v) is 7.67. The van der Waals surface area contributed by atoms with Crippen LogP contribution in [0, 0.1) is 5.92 Å². The van der Waals surface area contributed by atoms with E-state index in [0.29, 0.717) is 19.0 Å². The number of hydrogen-bond acceptors (Lipinski definition) is 3. The van der Waals surface area contributed by atoms with Gasteiger partial charge in [-0.3, -0.25) is 0 Å². The standard InChI is InChI=1S/C12H14ClNO4S/c1-8-4-5-14(7-8)19(17,18)9-2-3-10(12(15)16)11(13)6-9/h2-3,6,8H,4-5,7H2,1H3,(H,15,16). The molecule has 2 rings (SSSR count). The Kier molecular flexibility index (Phi) is 3.85. The fourth-order valence-corrected chi connectivity index (χ4v) is 4.02. The van der Waals surface area contributed by atoms with Crippen molar-refractivity contribution in [1.29, 1.82) is 0 Å². The summed E-state index contributed by atoms with van der Waals surface area (Å²) in [5.41, 5.74) is -0.101. The Morgan fingerprint density at radius 3 is 2.63 bits per heavy atom. The van der Waals surface area contributed by atoms with Gasteiger partial charge in [-0.1, -0.05) is 18.5 Å². The Bertz CT molecular complexity index is 614. The first-order chi connectivity index (χ1) is 8.82. The number of sulfonamides is 1. The van der Waals surface area contributed by atoms with Gasteiger partial charge < -0.3 is 5.11 Å². The highest BCUT2D eigenvalue weighted by Gasteiger charge is 2.31. The quantitative estimate of drug-likeness (QED) is 0.927. The Labute approximate surface area is 116 Å². The lowest BCUT2D eigenvalue weighted by Crippen LogP contribution is -2.28. The number of carbonyl (C=O) groups is 1. The normalized spacial score (nSPS) is 20.6. The number of rotatable bonds is 3. The van der Waals surface area contributed by atoms with E-state index in [-0.39, 0.29) is 15.5 Å². The Hall–Kier alpha value is -1.11. The van der Waals surface area contributed by atoms with Crippen LogP contribution in [-0.2, 0) is 10.0 Å². The highest BCUT2D eigenvalue weighted by molar-refractivity contribution is 7.89. The summed E-state index contributed by atoms with van der Waals surface area (Å²) in [4.78, 5) is 10.9. The molecule has 0 aromatic heterocycles. The van der Waals surface area contributed by atoms with Crippen LogP contribution in [0.15, 0.2) is 23.1 Å². The monoisotopic (exact) mass is 303 g/mol. The molecule has 0 aliphatic carbocycles. The molecule has 7 heteroatoms. The molecular weight excluding hydrogens is 290 g/mol. The van der Waals surface area contributed by atoms with Gasteiger partial charge in [-0.25, -0.2) is 13.2 Å². The van der Waals surface area contributed by atoms with Crippen molar-refractivity contribution in [3.8, 4) is 0 Å². The Morgan fingerprint density at radius 2 is 2.16 bits per heavy atom. The minimum atomic E-state index is -3.58. The van der Waals surface area contributed by atoms with Gasteiger partial charge in [0.05, 0.1) is 15.5 Å². The van der Waals surface area contributed by atoms with Crippen molar-refractivity contribution in [3.05, 3.63) is 28.8 Å². The molecule has 1 fully saturated rings. The average molecular weight is 304 g/mol. The van der Waals surface area contributed by atoms with Gasteiger partial charge in [0.1, 0.15) is 0 Å². The predicted molar refractivity (Wildman–Crippen MR) is 71.0 cm³/mol. The summed E-state index contributed by atoms with van der Waals surface area (Å²) in [5, 5.41) is 8.79. The third-order valence-corrected chi connectivity index (χ3v) is 5.37. The molecule has 1 aliphatic heterocycles. The smallest absolute Gasteiger partial charge is 0.337 e. The third kappa shape index (κ3) is 2.75. The highest BCUT2D eigenvalue weighted by atomic mass is 35.5. The van der Waals surface area contributed by atoms with Crippen LogP contribution in [-0.4, -0.2) is 36.9 Å². The molecule has 1 aromatic carbocycles. The molecule has 1 heterocycles. The van der Waals surface area contributed by atoms with Crippen molar-refractivity contribution in [1.82, 2.24) is 4.31 Å². The molecular formula is C12H14ClNO4S. The third-order valence-electron chi connectivity index (χ3n) is 3.20. The first kappa shape index (κ1) is 14.3. The van der Waals surface area contributed by atoms with Crippen LogP contribution in [0.2, 0.25) is 5.02 Å². The largest absolute Gasteiger partial charge is 0.478 e. The van der Waals surface area contributed by atoms with Gasteiger partial charge in [0.15, 0.2) is 0 Å². The van der Waals surface area contributed by atoms with Crippen LogP contribution < -0.4 is 0 Å². The van der Waals surface area contributed by atoms with E-state index in [1.54, 1.807) is 0 Å². The molecule has 0 amide bonds. The summed E-state index contributed by atoms with van der Waals surface area (Å²) < 4.78 is 26.1. The SMILES string of the molecule is CC1CCN(S(=O)(=O)c2ccc(C(=O)O)c(Cl)c2)C1. The van der Waals surface area contributed by atoms with E-state index >= 15 is 0 Å². The van der Waals surface area contributed by atoms with Crippen molar-refractivity contribution in [3.63, 3.8) is 0 Å². The molecule has 0 saturated carbocycles. The number of aromatic carboxylic acids is 1. The zero-order valence-electron chi connectivity index (χ0n) is 10.3. The fraction of sp³-hybridized carbons (Fsp3) is 0.417. The summed E-state index contributed by atoms with van der Waals surface area (Å²) in [6.07, 6.45) is 0.834. The lowest BCUT2D eigenvalue weighted by molar-refractivity contribution is 0.0697. The van der Waals surface area contributed by atoms with Gasteiger partial charge in [0.2, 0.25) is 10.0 Å². The summed E-state index contributed by atoms with van der Waals surface area (Å²) >= 11 is 5.80. The van der Waals surface area contributed by atoms with Gasteiger partial charge in [-0.2, -0.15) is 4.31 Å². The van der Waals surface area contributed by atoms with Gasteiger partial charge in [0, 0.05) is 13.1 Å². The van der Waals surface area contributed by atoms with E-state index in [2.05, 4.69) is 0 Å². The van der Waals surface area contributed by atoms with Gasteiger partial charge in [0.25, 0.3) is 0 Å². The molecule has 0 radical (unpaired) electrons. The Morgan fingerprint density at radius 1 is 1.47 bits per heavy atom. The molecule has 104 valence electrons. The van der Waals surface area contributed by atoms with E-state index in [1.807, 2.05) is 6.92 Å². The zero-order valence-corrected chi connectivity index (χ0v) is 11.9. The molecule has 5 nitrogen and oxygen atoms in total. The summed E-state index contributed by atoms with van der Waals surface area (Å²) in [7, 11) is -3.58. The van der Waals surface area contributed by atoms with Crippen LogP contribution >= 0.6 is 11.6 Å². The second-order valence-corrected chi connectivity index (χ2v) is 7.05. The van der Waals surface area contributed by atoms with Crippen molar-refractivity contribution in [2.45, 2.75) is 18.2 Å². The minimum absolute atomic E-state index is 0.0385. The van der Waals surface area contributed by atoms with E-state index in [4.69, 9.17) is 16.7 Å². The van der Waals surface area contributed by atoms with E-state index in [0.717, 1.165) is 6.42 Å². The number of hydrogen-bond donors (Lipinski definition) is 1. The van der Waals surface area contributed by atoms with Gasteiger partial charge >= 0.3 is 5.97 Å². The lowest BCUT2D eigenvalue weighted by atomic mass is 10.2. The second kappa shape index (κ2) is 5.11. The molecule has 0 bridgehead atoms. The number of carboxylic acid groups (broad SMARTS) is 1. The Balaban J connectivity index is 2.36. The van der Waals surface area contributed by atoms with Crippen molar-refractivity contribution in [2.24, 2.45) is 5.92 Å². The second-order valence-electron chi connectivity index (χ2n) is 4.70. The number of halogens is 1. The van der Waals surface area contributed by atoms with E-state index in [9.17, 15) is 13.2 Å². The maximum Gasteiger partial charge on any atom is 0.337 e.